The molecule has 20 heavy (non-hydrogen) atoms. The van der Waals surface area contributed by atoms with Gasteiger partial charge >= 0.3 is 0 Å². The van der Waals surface area contributed by atoms with Gasteiger partial charge in [0.05, 0.1) is 0 Å². The van der Waals surface area contributed by atoms with E-state index in [1.807, 2.05) is 0 Å². The molecule has 0 radical (unpaired) electrons. The van der Waals surface area contributed by atoms with Gasteiger partial charge in [-0.3, -0.25) is 4.90 Å². The Bertz CT molecular complexity index is 232. The molecule has 1 atom stereocenters. The van der Waals surface area contributed by atoms with Crippen LogP contribution in [0.5, 0.6) is 0 Å². The molecule has 1 aliphatic heterocycles. The zero-order chi connectivity index (χ0) is 15.0. The first kappa shape index (κ1) is 17.9. The van der Waals surface area contributed by atoms with Crippen molar-refractivity contribution in [3.63, 3.8) is 0 Å². The van der Waals surface area contributed by atoms with Crippen molar-refractivity contribution in [3.8, 4) is 0 Å². The topological polar surface area (TPSA) is 18.5 Å². The van der Waals surface area contributed by atoms with Crippen molar-refractivity contribution in [2.24, 2.45) is 11.8 Å². The van der Waals surface area contributed by atoms with Gasteiger partial charge in [0.25, 0.3) is 0 Å². The predicted octanol–water partition coefficient (Wildman–Crippen LogP) is 2.67. The highest BCUT2D eigenvalue weighted by Gasteiger charge is 2.16. The van der Waals surface area contributed by atoms with Crippen molar-refractivity contribution in [2.45, 2.75) is 53.5 Å². The van der Waals surface area contributed by atoms with E-state index in [4.69, 9.17) is 0 Å². The van der Waals surface area contributed by atoms with Crippen LogP contribution in [0.3, 0.4) is 0 Å². The summed E-state index contributed by atoms with van der Waals surface area (Å²) in [6, 6.07) is 0.666. The smallest absolute Gasteiger partial charge is 0.0110 e. The Hall–Kier alpha value is -0.120. The second kappa shape index (κ2) is 9.75. The van der Waals surface area contributed by atoms with E-state index in [0.29, 0.717) is 6.04 Å². The summed E-state index contributed by atoms with van der Waals surface area (Å²) in [4.78, 5) is 5.22. The van der Waals surface area contributed by atoms with Crippen LogP contribution in [0.4, 0.5) is 0 Å². The molecular weight excluding hydrogens is 246 g/mol. The largest absolute Gasteiger partial charge is 0.313 e. The summed E-state index contributed by atoms with van der Waals surface area (Å²) in [5, 5.41) is 3.67. The Kier molecular flexibility index (Phi) is 8.74. The highest BCUT2D eigenvalue weighted by atomic mass is 15.3. The average molecular weight is 284 g/mol. The van der Waals surface area contributed by atoms with E-state index >= 15 is 0 Å². The van der Waals surface area contributed by atoms with Crippen molar-refractivity contribution >= 4 is 0 Å². The van der Waals surface area contributed by atoms with Crippen molar-refractivity contribution in [3.05, 3.63) is 0 Å². The molecule has 0 aromatic rings. The standard InChI is InChI=1S/C17H37N3/c1-15(2)6-7-17(5)18-8-9-19-10-12-20(13-11-19)14-16(3)4/h15-18H,6-14H2,1-5H3. The van der Waals surface area contributed by atoms with Gasteiger partial charge in [-0.25, -0.2) is 0 Å². The summed E-state index contributed by atoms with van der Waals surface area (Å²) in [6.07, 6.45) is 2.64. The van der Waals surface area contributed by atoms with Gasteiger partial charge in [0, 0.05) is 51.9 Å². The van der Waals surface area contributed by atoms with Crippen LogP contribution in [0.15, 0.2) is 0 Å². The Morgan fingerprint density at radius 1 is 0.800 bits per heavy atom. The minimum Gasteiger partial charge on any atom is -0.313 e. The molecule has 3 heteroatoms. The van der Waals surface area contributed by atoms with Crippen LogP contribution in [0.2, 0.25) is 0 Å². The predicted molar refractivity (Wildman–Crippen MR) is 89.3 cm³/mol. The molecule has 1 fully saturated rings. The minimum atomic E-state index is 0.666. The van der Waals surface area contributed by atoms with Crippen molar-refractivity contribution in [1.82, 2.24) is 15.1 Å². The van der Waals surface area contributed by atoms with Crippen LogP contribution >= 0.6 is 0 Å². The van der Waals surface area contributed by atoms with E-state index in [-0.39, 0.29) is 0 Å². The summed E-state index contributed by atoms with van der Waals surface area (Å²) in [5.41, 5.74) is 0. The van der Waals surface area contributed by atoms with E-state index in [0.717, 1.165) is 18.4 Å². The van der Waals surface area contributed by atoms with Crippen LogP contribution in [0.25, 0.3) is 0 Å². The lowest BCUT2D eigenvalue weighted by Gasteiger charge is -2.35. The van der Waals surface area contributed by atoms with Gasteiger partial charge in [-0.05, 0) is 31.6 Å². The zero-order valence-corrected chi connectivity index (χ0v) is 14.5. The van der Waals surface area contributed by atoms with E-state index in [1.165, 1.54) is 52.1 Å². The molecule has 120 valence electrons. The van der Waals surface area contributed by atoms with Crippen molar-refractivity contribution < 1.29 is 0 Å². The lowest BCUT2D eigenvalue weighted by Crippen LogP contribution is -2.49. The van der Waals surface area contributed by atoms with Gasteiger partial charge in [-0.15, -0.1) is 0 Å². The third-order valence-corrected chi connectivity index (χ3v) is 4.19. The van der Waals surface area contributed by atoms with Crippen LogP contribution in [-0.4, -0.2) is 61.7 Å². The minimum absolute atomic E-state index is 0.666. The van der Waals surface area contributed by atoms with E-state index in [2.05, 4.69) is 49.7 Å². The molecule has 0 aromatic carbocycles. The second-order valence-electron chi connectivity index (χ2n) is 7.36. The summed E-state index contributed by atoms with van der Waals surface area (Å²) < 4.78 is 0. The maximum Gasteiger partial charge on any atom is 0.0110 e. The highest BCUT2D eigenvalue weighted by Crippen LogP contribution is 2.07. The van der Waals surface area contributed by atoms with Gasteiger partial charge < -0.3 is 10.2 Å². The summed E-state index contributed by atoms with van der Waals surface area (Å²) >= 11 is 0. The molecule has 0 bridgehead atoms. The SMILES string of the molecule is CC(C)CCC(C)NCCN1CCN(CC(C)C)CC1. The molecule has 1 heterocycles. The summed E-state index contributed by atoms with van der Waals surface area (Å²) in [6.45, 7) is 20.2. The number of nitrogens with one attached hydrogen (secondary N) is 1. The van der Waals surface area contributed by atoms with Gasteiger partial charge in [0.2, 0.25) is 0 Å². The quantitative estimate of drug-likeness (QED) is 0.702. The lowest BCUT2D eigenvalue weighted by atomic mass is 10.0. The number of hydrogen-bond donors (Lipinski definition) is 1. The number of rotatable bonds is 9. The fourth-order valence-electron chi connectivity index (χ4n) is 2.87. The van der Waals surface area contributed by atoms with Crippen molar-refractivity contribution in [1.29, 1.82) is 0 Å². The van der Waals surface area contributed by atoms with Crippen molar-refractivity contribution in [2.75, 3.05) is 45.8 Å². The number of hydrogen-bond acceptors (Lipinski definition) is 3. The average Bonchev–Trinajstić information content (AvgIpc) is 2.38. The first-order chi connectivity index (χ1) is 9.47. The molecule has 3 nitrogen and oxygen atoms in total. The molecule has 1 aliphatic rings. The van der Waals surface area contributed by atoms with Gasteiger partial charge in [0.1, 0.15) is 0 Å². The van der Waals surface area contributed by atoms with Gasteiger partial charge in [0.15, 0.2) is 0 Å². The van der Waals surface area contributed by atoms with E-state index in [9.17, 15) is 0 Å². The maximum absolute atomic E-state index is 3.67. The molecule has 0 amide bonds. The van der Waals surface area contributed by atoms with Crippen LogP contribution in [-0.2, 0) is 0 Å². The zero-order valence-electron chi connectivity index (χ0n) is 14.5. The molecule has 1 unspecified atom stereocenters. The molecule has 0 aromatic heterocycles. The Balaban J connectivity index is 2.03. The monoisotopic (exact) mass is 283 g/mol. The van der Waals surface area contributed by atoms with Crippen LogP contribution in [0.1, 0.15) is 47.5 Å². The highest BCUT2D eigenvalue weighted by molar-refractivity contribution is 4.73. The lowest BCUT2D eigenvalue weighted by molar-refractivity contribution is 0.122. The molecule has 0 aliphatic carbocycles. The molecule has 1 N–H and O–H groups in total. The number of nitrogens with zero attached hydrogens (tertiary/aromatic N) is 2. The maximum atomic E-state index is 3.67. The third kappa shape index (κ3) is 8.23. The Morgan fingerprint density at radius 3 is 1.95 bits per heavy atom. The van der Waals surface area contributed by atoms with Gasteiger partial charge in [-0.2, -0.15) is 0 Å². The fourth-order valence-corrected chi connectivity index (χ4v) is 2.87. The summed E-state index contributed by atoms with van der Waals surface area (Å²) in [7, 11) is 0. The Morgan fingerprint density at radius 2 is 1.40 bits per heavy atom. The normalized spacial score (nSPS) is 19.9. The molecule has 1 rings (SSSR count). The second-order valence-corrected chi connectivity index (χ2v) is 7.36. The molecule has 0 saturated carbocycles. The van der Waals surface area contributed by atoms with E-state index in [1.54, 1.807) is 0 Å². The molecule has 0 spiro atoms. The number of piperazine rings is 1. The van der Waals surface area contributed by atoms with Crippen LogP contribution < -0.4 is 5.32 Å². The first-order valence-corrected chi connectivity index (χ1v) is 8.65. The third-order valence-electron chi connectivity index (χ3n) is 4.19. The fraction of sp³-hybridized carbons (Fsp3) is 1.00. The van der Waals surface area contributed by atoms with Gasteiger partial charge in [-0.1, -0.05) is 27.7 Å². The Labute approximate surface area is 127 Å². The molecular formula is C17H37N3. The van der Waals surface area contributed by atoms with E-state index < -0.39 is 0 Å². The molecule has 1 saturated heterocycles. The summed E-state index contributed by atoms with van der Waals surface area (Å²) in [5.74, 6) is 1.62. The van der Waals surface area contributed by atoms with Crippen LogP contribution in [0, 0.1) is 11.8 Å². The first-order valence-electron chi connectivity index (χ1n) is 8.65.